The summed E-state index contributed by atoms with van der Waals surface area (Å²) in [4.78, 5) is 24.8. The van der Waals surface area contributed by atoms with Gasteiger partial charge < -0.3 is 18.9 Å². The highest BCUT2D eigenvalue weighted by atomic mass is 19.2. The van der Waals surface area contributed by atoms with Gasteiger partial charge in [0.25, 0.3) is 0 Å². The summed E-state index contributed by atoms with van der Waals surface area (Å²) in [6.07, 6.45) is 0. The van der Waals surface area contributed by atoms with E-state index in [0.717, 1.165) is 19.2 Å². The van der Waals surface area contributed by atoms with E-state index in [2.05, 4.69) is 0 Å². The van der Waals surface area contributed by atoms with Crippen LogP contribution in [0.1, 0.15) is 17.0 Å². The summed E-state index contributed by atoms with van der Waals surface area (Å²) >= 11 is 0. The number of methoxy groups -OCH3 is 3. The van der Waals surface area contributed by atoms with Crippen molar-refractivity contribution in [1.29, 1.82) is 0 Å². The second kappa shape index (κ2) is 7.22. The number of carbonyl (C=O) groups excluding carboxylic acids is 2. The molecule has 0 aromatic heterocycles. The first-order valence-electron chi connectivity index (χ1n) is 7.91. The van der Waals surface area contributed by atoms with Gasteiger partial charge in [-0.1, -0.05) is 6.07 Å². The van der Waals surface area contributed by atoms with E-state index in [-0.39, 0.29) is 17.1 Å². The topological polar surface area (TPSA) is 71.1 Å². The molecule has 2 aromatic carbocycles. The summed E-state index contributed by atoms with van der Waals surface area (Å²) < 4.78 is 47.8. The van der Waals surface area contributed by atoms with Gasteiger partial charge in [-0.3, -0.25) is 9.59 Å². The monoisotopic (exact) mass is 378 g/mol. The van der Waals surface area contributed by atoms with Gasteiger partial charge in [0.2, 0.25) is 0 Å². The zero-order chi connectivity index (χ0) is 19.7. The van der Waals surface area contributed by atoms with Crippen LogP contribution >= 0.6 is 0 Å². The first-order chi connectivity index (χ1) is 12.9. The molecule has 0 aliphatic carbocycles. The van der Waals surface area contributed by atoms with E-state index in [1.807, 2.05) is 0 Å². The van der Waals surface area contributed by atoms with Gasteiger partial charge >= 0.3 is 11.9 Å². The lowest BCUT2D eigenvalue weighted by Gasteiger charge is -2.32. The number of benzene rings is 2. The molecule has 1 heterocycles. The second-order valence-electron chi connectivity index (χ2n) is 5.81. The Balaban J connectivity index is 2.29. The average molecular weight is 378 g/mol. The molecule has 8 heteroatoms. The van der Waals surface area contributed by atoms with Crippen LogP contribution in [0.2, 0.25) is 0 Å². The first kappa shape index (κ1) is 18.6. The van der Waals surface area contributed by atoms with Crippen LogP contribution in [0, 0.1) is 17.6 Å². The Morgan fingerprint density at radius 1 is 1.04 bits per heavy atom. The molecule has 0 N–H and O–H groups in total. The highest BCUT2D eigenvalue weighted by molar-refractivity contribution is 5.99. The van der Waals surface area contributed by atoms with E-state index in [1.54, 1.807) is 6.07 Å². The highest BCUT2D eigenvalue weighted by Gasteiger charge is 2.46. The molecular weight excluding hydrogens is 362 g/mol. The molecule has 0 saturated heterocycles. The Labute approximate surface area is 153 Å². The molecule has 0 radical (unpaired) electrons. The summed E-state index contributed by atoms with van der Waals surface area (Å²) in [5.74, 6) is -5.57. The third kappa shape index (κ3) is 3.18. The van der Waals surface area contributed by atoms with Gasteiger partial charge in [-0.15, -0.1) is 0 Å². The van der Waals surface area contributed by atoms with Gasteiger partial charge in [0.1, 0.15) is 17.2 Å². The van der Waals surface area contributed by atoms with Gasteiger partial charge in [-0.25, -0.2) is 8.78 Å². The van der Waals surface area contributed by atoms with Crippen molar-refractivity contribution in [1.82, 2.24) is 0 Å². The number of hydrogen-bond donors (Lipinski definition) is 0. The molecule has 2 atom stereocenters. The molecular formula is C19H16F2O6. The third-order valence-corrected chi connectivity index (χ3v) is 4.40. The highest BCUT2D eigenvalue weighted by Crippen LogP contribution is 2.49. The fourth-order valence-electron chi connectivity index (χ4n) is 3.15. The quantitative estimate of drug-likeness (QED) is 0.463. The zero-order valence-electron chi connectivity index (χ0n) is 14.7. The number of ether oxygens (including phenoxy) is 4. The van der Waals surface area contributed by atoms with Crippen LogP contribution in [0.15, 0.2) is 30.3 Å². The molecule has 1 aliphatic rings. The maximum Gasteiger partial charge on any atom is 0.326 e. The molecule has 0 saturated carbocycles. The molecule has 2 aromatic rings. The number of halogens is 2. The molecule has 0 amide bonds. The van der Waals surface area contributed by atoms with E-state index < -0.39 is 35.4 Å². The van der Waals surface area contributed by atoms with E-state index in [0.29, 0.717) is 11.3 Å². The third-order valence-electron chi connectivity index (χ3n) is 4.40. The number of carbonyl (C=O) groups is 2. The number of fused-ring (bicyclic) bond motifs is 1. The van der Waals surface area contributed by atoms with Crippen molar-refractivity contribution < 1.29 is 37.3 Å². The second-order valence-corrected chi connectivity index (χ2v) is 5.81. The van der Waals surface area contributed by atoms with E-state index >= 15 is 0 Å². The Kier molecular flexibility index (Phi) is 4.98. The largest absolute Gasteiger partial charge is 0.496 e. The van der Waals surface area contributed by atoms with Crippen molar-refractivity contribution in [3.05, 3.63) is 53.1 Å². The van der Waals surface area contributed by atoms with Gasteiger partial charge in [0.05, 0.1) is 21.3 Å². The van der Waals surface area contributed by atoms with Crippen molar-refractivity contribution in [3.63, 3.8) is 0 Å². The van der Waals surface area contributed by atoms with Gasteiger partial charge in [0.15, 0.2) is 17.6 Å². The lowest BCUT2D eigenvalue weighted by Crippen LogP contribution is -2.38. The minimum Gasteiger partial charge on any atom is -0.496 e. The fraction of sp³-hybridized carbons (Fsp3) is 0.263. The minimum atomic E-state index is -1.41. The van der Waals surface area contributed by atoms with Crippen LogP contribution in [0.25, 0.3) is 0 Å². The summed E-state index contributed by atoms with van der Waals surface area (Å²) in [6, 6.07) is 6.15. The van der Waals surface area contributed by atoms with Gasteiger partial charge in [0, 0.05) is 23.6 Å². The normalized spacial score (nSPS) is 18.3. The number of hydrogen-bond acceptors (Lipinski definition) is 6. The number of rotatable bonds is 4. The van der Waals surface area contributed by atoms with Crippen LogP contribution in [0.4, 0.5) is 8.78 Å². The minimum absolute atomic E-state index is 0.103. The maximum absolute atomic E-state index is 13.9. The molecule has 2 unspecified atom stereocenters. The molecule has 27 heavy (non-hydrogen) atoms. The lowest BCUT2D eigenvalue weighted by molar-refractivity contribution is -0.157. The molecule has 142 valence electrons. The van der Waals surface area contributed by atoms with Crippen molar-refractivity contribution in [2.45, 2.75) is 5.92 Å². The SMILES string of the molecule is COC(=O)C1C(=O)Oc2cc(OC)cc(OC)c2C1c1ccc(F)c(F)c1. The van der Waals surface area contributed by atoms with E-state index in [4.69, 9.17) is 18.9 Å². The Morgan fingerprint density at radius 3 is 2.37 bits per heavy atom. The summed E-state index contributed by atoms with van der Waals surface area (Å²) in [7, 11) is 3.94. The summed E-state index contributed by atoms with van der Waals surface area (Å²) in [5.41, 5.74) is 0.532. The van der Waals surface area contributed by atoms with Gasteiger partial charge in [-0.2, -0.15) is 0 Å². The smallest absolute Gasteiger partial charge is 0.326 e. The standard InChI is InChI=1S/C19H16F2O6/c1-24-10-7-13(25-2)16-14(8-10)27-19(23)17(18(22)26-3)15(16)9-4-5-11(20)12(21)6-9/h4-8,15,17H,1-3H3. The zero-order valence-corrected chi connectivity index (χ0v) is 14.7. The van der Waals surface area contributed by atoms with Crippen LogP contribution in [-0.2, 0) is 14.3 Å². The van der Waals surface area contributed by atoms with Crippen LogP contribution in [0.5, 0.6) is 17.2 Å². The fourth-order valence-corrected chi connectivity index (χ4v) is 3.15. The molecule has 0 spiro atoms. The molecule has 0 bridgehead atoms. The predicted octanol–water partition coefficient (Wildman–Crippen LogP) is 2.82. The molecule has 1 aliphatic heterocycles. The van der Waals surface area contributed by atoms with Crippen LogP contribution < -0.4 is 14.2 Å². The first-order valence-corrected chi connectivity index (χ1v) is 7.91. The Morgan fingerprint density at radius 2 is 1.78 bits per heavy atom. The average Bonchev–Trinajstić information content (AvgIpc) is 2.67. The van der Waals surface area contributed by atoms with Crippen molar-refractivity contribution in [2.75, 3.05) is 21.3 Å². The van der Waals surface area contributed by atoms with Crippen molar-refractivity contribution in [3.8, 4) is 17.2 Å². The van der Waals surface area contributed by atoms with Crippen LogP contribution in [-0.4, -0.2) is 33.3 Å². The van der Waals surface area contributed by atoms with Gasteiger partial charge in [-0.05, 0) is 17.7 Å². The molecule has 6 nitrogen and oxygen atoms in total. The van der Waals surface area contributed by atoms with Crippen molar-refractivity contribution in [2.24, 2.45) is 5.92 Å². The molecule has 3 rings (SSSR count). The predicted molar refractivity (Wildman–Crippen MR) is 88.9 cm³/mol. The molecule has 0 fully saturated rings. The number of esters is 2. The van der Waals surface area contributed by atoms with Crippen LogP contribution in [0.3, 0.4) is 0 Å². The Hall–Kier alpha value is -3.16. The lowest BCUT2D eigenvalue weighted by atomic mass is 9.78. The van der Waals surface area contributed by atoms with E-state index in [9.17, 15) is 18.4 Å². The maximum atomic E-state index is 13.9. The Bertz CT molecular complexity index is 911. The van der Waals surface area contributed by atoms with Crippen molar-refractivity contribution >= 4 is 11.9 Å². The summed E-state index contributed by atoms with van der Waals surface area (Å²) in [5, 5.41) is 0. The van der Waals surface area contributed by atoms with E-state index in [1.165, 1.54) is 26.4 Å². The summed E-state index contributed by atoms with van der Waals surface area (Å²) in [6.45, 7) is 0.